The van der Waals surface area contributed by atoms with Gasteiger partial charge < -0.3 is 27.4 Å². The third-order valence-corrected chi connectivity index (χ3v) is 30.4. The minimum Gasteiger partial charge on any atom is -0.309 e. The van der Waals surface area contributed by atoms with Crippen molar-refractivity contribution in [3.63, 3.8) is 0 Å². The Morgan fingerprint density at radius 1 is 0.0867 bits per heavy atom. The molecule has 0 bridgehead atoms. The molecule has 0 saturated carbocycles. The number of benzene rings is 24. The number of rotatable bonds is 15. The van der Waals surface area contributed by atoms with E-state index in [-0.39, 0.29) is 0 Å². The van der Waals surface area contributed by atoms with Crippen molar-refractivity contribution in [3.05, 3.63) is 582 Å². The van der Waals surface area contributed by atoms with E-state index >= 15 is 0 Å². The molecule has 6 heteroatoms. The van der Waals surface area contributed by atoms with E-state index < -0.39 is 0 Å². The van der Waals surface area contributed by atoms with Crippen LogP contribution in [0.2, 0.25) is 0 Å². The largest absolute Gasteiger partial charge is 0.309 e. The highest BCUT2D eigenvalue weighted by atomic mass is 15.0. The van der Waals surface area contributed by atoms with Crippen LogP contribution in [0.1, 0.15) is 0 Å². The van der Waals surface area contributed by atoms with Gasteiger partial charge in [0.05, 0.1) is 77.6 Å². The van der Waals surface area contributed by atoms with Crippen LogP contribution in [0.5, 0.6) is 0 Å². The molecule has 0 N–H and O–H groups in total. The van der Waals surface area contributed by atoms with Gasteiger partial charge in [0.1, 0.15) is 0 Å². The van der Waals surface area contributed by atoms with Gasteiger partial charge in [-0.25, -0.2) is 0 Å². The molecule has 0 spiro atoms. The van der Waals surface area contributed by atoms with Crippen molar-refractivity contribution in [1.82, 2.24) is 27.4 Å². The number of para-hydroxylation sites is 9. The molecule has 6 heterocycles. The van der Waals surface area contributed by atoms with Gasteiger partial charge in [0.15, 0.2) is 0 Å². The van der Waals surface area contributed by atoms with Gasteiger partial charge in [-0.3, -0.25) is 0 Å². The molecule has 0 unspecified atom stereocenters. The lowest BCUT2D eigenvalue weighted by molar-refractivity contribution is 1.18. The Balaban J connectivity index is 0.000000108. The second-order valence-electron chi connectivity index (χ2n) is 38.9. The lowest BCUT2D eigenvalue weighted by Crippen LogP contribution is -1.97. The maximum absolute atomic E-state index is 2.43. The third kappa shape index (κ3) is 15.4. The molecule has 30 rings (SSSR count). The summed E-state index contributed by atoms with van der Waals surface area (Å²) in [5.74, 6) is 0. The quantitative estimate of drug-likeness (QED) is 0.0979. The van der Waals surface area contributed by atoms with E-state index in [0.717, 1.165) is 17.1 Å². The molecule has 0 fully saturated rings. The monoisotopic (exact) mass is 1910 g/mol. The summed E-state index contributed by atoms with van der Waals surface area (Å²) in [7, 11) is 0. The van der Waals surface area contributed by atoms with E-state index in [9.17, 15) is 0 Å². The predicted octanol–water partition coefficient (Wildman–Crippen LogP) is 38.6. The number of aromatic nitrogens is 6. The van der Waals surface area contributed by atoms with Gasteiger partial charge in [0, 0.05) is 98.5 Å². The van der Waals surface area contributed by atoms with Gasteiger partial charge in [-0.1, -0.05) is 413 Å². The molecule has 30 aromatic rings. The van der Waals surface area contributed by atoms with Crippen molar-refractivity contribution >= 4 is 131 Å². The molecule has 0 saturated heterocycles. The van der Waals surface area contributed by atoms with Crippen LogP contribution in [-0.2, 0) is 0 Å². The molecule has 0 aliphatic rings. The molecule has 702 valence electrons. The van der Waals surface area contributed by atoms with Gasteiger partial charge in [-0.15, -0.1) is 0 Å². The summed E-state index contributed by atoms with van der Waals surface area (Å²) in [4.78, 5) is 0. The van der Waals surface area contributed by atoms with Gasteiger partial charge in [0.2, 0.25) is 0 Å². The standard InChI is InChI=1S/3C48H32N2/c1-3-14-33(15-4-1)35-18-13-19-38(30-35)49-45-24-11-8-21-40(45)42-31-36(26-28-47(42)49)37-27-29-48-43(32-37)41-22-9-12-25-46(41)50(48)44-23-10-7-20-39(44)34-16-5-2-6-17-34;1-3-13-33(14-4-1)34-23-27-38(28-24-34)49-45-21-11-8-18-40(45)42-31-36(25-29-47(42)49)37-26-30-48-43(32-37)41-19-9-12-22-46(41)50(48)44-20-10-7-17-39(44)35-15-5-2-6-16-35;1-3-11-33(12-4-1)34-19-21-35(22-20-34)36-23-27-40(28-24-36)50-46-18-10-8-16-42(46)44-32-38(26-30-48(44)50)37-25-29-47-43(31-37)41-15-7-9-17-45(41)49(47)39-13-5-2-6-14-39/h3*1-32H. The summed E-state index contributed by atoms with van der Waals surface area (Å²) in [6.07, 6.45) is 0. The van der Waals surface area contributed by atoms with Crippen LogP contribution in [0, 0.1) is 0 Å². The SMILES string of the molecule is c1ccc(-c2ccc(-c3ccc(-n4c5ccccc5c5cc(-c6ccc7c(c6)c6ccccc6n7-c6ccccc6)ccc54)cc3)cc2)cc1.c1ccc(-c2ccc(-n3c4ccccc4c4cc(-c5ccc6c(c5)c5ccccc5n6-c5ccccc5-c5ccccc5)ccc43)cc2)cc1.c1ccc(-c2cccc(-n3c4ccccc4c4cc(-c5ccc6c(c5)c5ccccc5n6-c5ccccc5-c5ccccc5)ccc43)c2)cc1. The molecule has 0 radical (unpaired) electrons. The minimum absolute atomic E-state index is 1.16. The summed E-state index contributed by atoms with van der Waals surface area (Å²) in [6.45, 7) is 0. The fourth-order valence-corrected chi connectivity index (χ4v) is 23.4. The average molecular weight is 1910 g/mol. The summed E-state index contributed by atoms with van der Waals surface area (Å²) in [5, 5.41) is 15.1. The Labute approximate surface area is 868 Å². The van der Waals surface area contributed by atoms with E-state index in [1.807, 2.05) is 0 Å². The van der Waals surface area contributed by atoms with Crippen molar-refractivity contribution in [2.75, 3.05) is 0 Å². The van der Waals surface area contributed by atoms with Crippen molar-refractivity contribution in [2.45, 2.75) is 0 Å². The second-order valence-corrected chi connectivity index (χ2v) is 38.9. The predicted molar refractivity (Wildman–Crippen MR) is 634 cm³/mol. The molecule has 0 aliphatic carbocycles. The number of fused-ring (bicyclic) bond motifs is 18. The Morgan fingerprint density at radius 3 is 0.553 bits per heavy atom. The number of hydrogen-bond donors (Lipinski definition) is 0. The zero-order valence-corrected chi connectivity index (χ0v) is 82.1. The molecule has 0 aliphatic heterocycles. The van der Waals surface area contributed by atoms with Gasteiger partial charge in [-0.05, 0) is 259 Å². The highest BCUT2D eigenvalue weighted by Gasteiger charge is 2.25. The molecule has 6 nitrogen and oxygen atoms in total. The summed E-state index contributed by atoms with van der Waals surface area (Å²) < 4.78 is 14.4. The van der Waals surface area contributed by atoms with Gasteiger partial charge in [-0.2, -0.15) is 0 Å². The fourth-order valence-electron chi connectivity index (χ4n) is 23.4. The molecular weight excluding hydrogens is 1810 g/mol. The lowest BCUT2D eigenvalue weighted by Gasteiger charge is -2.14. The molecule has 6 aromatic heterocycles. The molecular formula is C144H96N6. The lowest BCUT2D eigenvalue weighted by atomic mass is 10.00. The zero-order chi connectivity index (χ0) is 99.1. The second kappa shape index (κ2) is 37.4. The van der Waals surface area contributed by atoms with E-state index in [0.29, 0.717) is 0 Å². The maximum atomic E-state index is 2.43. The summed E-state index contributed by atoms with van der Waals surface area (Å²) in [5.41, 5.74) is 43.4. The normalized spacial score (nSPS) is 11.6. The number of nitrogens with zero attached hydrogens (tertiary/aromatic N) is 6. The smallest absolute Gasteiger partial charge is 0.0541 e. The van der Waals surface area contributed by atoms with E-state index in [2.05, 4.69) is 610 Å². The first-order valence-corrected chi connectivity index (χ1v) is 51.6. The van der Waals surface area contributed by atoms with Crippen molar-refractivity contribution in [2.24, 2.45) is 0 Å². The zero-order valence-electron chi connectivity index (χ0n) is 82.1. The van der Waals surface area contributed by atoms with Crippen LogP contribution in [0.3, 0.4) is 0 Å². The Hall–Kier alpha value is -19.9. The van der Waals surface area contributed by atoms with E-state index in [1.165, 1.54) is 248 Å². The molecule has 24 aromatic carbocycles. The van der Waals surface area contributed by atoms with Crippen molar-refractivity contribution in [1.29, 1.82) is 0 Å². The highest BCUT2D eigenvalue weighted by molar-refractivity contribution is 6.18. The van der Waals surface area contributed by atoms with Crippen molar-refractivity contribution in [3.8, 4) is 134 Å². The number of hydrogen-bond acceptors (Lipinski definition) is 0. The Bertz CT molecular complexity index is 10400. The van der Waals surface area contributed by atoms with E-state index in [1.54, 1.807) is 0 Å². The first kappa shape index (κ1) is 87.8. The highest BCUT2D eigenvalue weighted by Crippen LogP contribution is 2.47. The maximum Gasteiger partial charge on any atom is 0.0541 e. The van der Waals surface area contributed by atoms with Crippen LogP contribution in [0.15, 0.2) is 582 Å². The molecule has 0 atom stereocenters. The average Bonchev–Trinajstić information content (AvgIpc) is 1.59. The van der Waals surface area contributed by atoms with Crippen LogP contribution in [0.4, 0.5) is 0 Å². The van der Waals surface area contributed by atoms with Crippen LogP contribution < -0.4 is 0 Å². The summed E-state index contributed by atoms with van der Waals surface area (Å²) >= 11 is 0. The Morgan fingerprint density at radius 2 is 0.260 bits per heavy atom. The summed E-state index contributed by atoms with van der Waals surface area (Å²) in [6, 6.07) is 211. The van der Waals surface area contributed by atoms with Crippen LogP contribution in [-0.4, -0.2) is 27.4 Å². The fraction of sp³-hybridized carbons (Fsp3) is 0. The first-order valence-electron chi connectivity index (χ1n) is 51.6. The van der Waals surface area contributed by atoms with E-state index in [4.69, 9.17) is 0 Å². The van der Waals surface area contributed by atoms with Crippen molar-refractivity contribution < 1.29 is 0 Å². The molecule has 0 amide bonds. The Kier molecular flexibility index (Phi) is 21.9. The third-order valence-electron chi connectivity index (χ3n) is 30.4. The topological polar surface area (TPSA) is 29.6 Å². The minimum atomic E-state index is 1.16. The molecule has 150 heavy (non-hydrogen) atoms. The van der Waals surface area contributed by atoms with Crippen LogP contribution >= 0.6 is 0 Å². The first-order chi connectivity index (χ1) is 74.4. The van der Waals surface area contributed by atoms with Gasteiger partial charge >= 0.3 is 0 Å². The van der Waals surface area contributed by atoms with Gasteiger partial charge in [0.25, 0.3) is 0 Å². The van der Waals surface area contributed by atoms with Crippen LogP contribution in [0.25, 0.3) is 265 Å².